The summed E-state index contributed by atoms with van der Waals surface area (Å²) in [6.45, 7) is 7.74. The van der Waals surface area contributed by atoms with Crippen LogP contribution >= 0.6 is 0 Å². The van der Waals surface area contributed by atoms with E-state index in [1.54, 1.807) is 0 Å². The Morgan fingerprint density at radius 3 is 2.10 bits per heavy atom. The van der Waals surface area contributed by atoms with E-state index in [0.29, 0.717) is 0 Å². The van der Waals surface area contributed by atoms with Gasteiger partial charge in [0.2, 0.25) is 0 Å². The molecule has 256 valence electrons. The van der Waals surface area contributed by atoms with Crippen molar-refractivity contribution in [1.29, 1.82) is 0 Å². The minimum Gasteiger partial charge on any atom is -0.455 e. The number of aromatic amines is 1. The fourth-order valence-corrected chi connectivity index (χ4v) is 11.3. The second kappa shape index (κ2) is 15.2. The third-order valence-electron chi connectivity index (χ3n) is 8.80. The summed E-state index contributed by atoms with van der Waals surface area (Å²) in [5.41, 5.74) is 7.38. The topological polar surface area (TPSA) is 158 Å². The van der Waals surface area contributed by atoms with Crippen LogP contribution in [0.2, 0.25) is 5.04 Å². The number of hydrogen-bond donors (Lipinski definition) is 1. The second-order valence-electron chi connectivity index (χ2n) is 13.0. The zero-order chi connectivity index (χ0) is 35.1. The van der Waals surface area contributed by atoms with Gasteiger partial charge in [0.1, 0.15) is 11.7 Å². The summed E-state index contributed by atoms with van der Waals surface area (Å²) < 4.78 is 27.9. The van der Waals surface area contributed by atoms with E-state index in [4.69, 9.17) is 18.6 Å². The molecule has 12 nitrogen and oxygen atoms in total. The molecule has 1 aliphatic rings. The molecule has 4 aromatic rings. The lowest BCUT2D eigenvalue weighted by molar-refractivity contribution is -0.158. The Labute approximate surface area is 285 Å². The molecule has 2 heterocycles. The van der Waals surface area contributed by atoms with E-state index in [-0.39, 0.29) is 26.2 Å². The number of benzene rings is 3. The zero-order valence-corrected chi connectivity index (χ0v) is 29.0. The number of H-pyrrole nitrogens is 1. The molecule has 0 bridgehead atoms. The summed E-state index contributed by atoms with van der Waals surface area (Å²) >= 11 is 0. The number of carbonyl (C=O) groups excluding carboxylic acids is 1. The number of aromatic nitrogens is 2. The Bertz CT molecular complexity index is 1840. The first-order valence-electron chi connectivity index (χ1n) is 16.1. The molecule has 0 saturated carbocycles. The Hall–Kier alpha value is -4.78. The third-order valence-corrected chi connectivity index (χ3v) is 13.8. The smallest absolute Gasteiger partial charge is 0.330 e. The minimum absolute atomic E-state index is 0.00810. The number of ether oxygens (including phenoxy) is 3. The van der Waals surface area contributed by atoms with Gasteiger partial charge in [-0.05, 0) is 32.9 Å². The van der Waals surface area contributed by atoms with Gasteiger partial charge >= 0.3 is 11.7 Å². The van der Waals surface area contributed by atoms with Gasteiger partial charge < -0.3 is 18.6 Å². The summed E-state index contributed by atoms with van der Waals surface area (Å²) in [5, 5.41) is 5.50. The SMILES string of the molecule is CC(=O)O[C@H]1[C@H](n2ccc(=O)[nH]c2=O)O[C@](CCN=[N+]=[N-])(CO[Si](c2ccccc2)(c2ccccc2)C(C)(C)C)[C@H]1OCc1ccccc1. The lowest BCUT2D eigenvalue weighted by atomic mass is 9.92. The number of rotatable bonds is 13. The molecule has 0 spiro atoms. The monoisotopic (exact) mass is 683 g/mol. The van der Waals surface area contributed by atoms with Crippen molar-refractivity contribution in [2.45, 2.75) is 69.8 Å². The van der Waals surface area contributed by atoms with E-state index in [0.717, 1.165) is 15.9 Å². The molecular weight excluding hydrogens is 643 g/mol. The van der Waals surface area contributed by atoms with Crippen LogP contribution in [0.3, 0.4) is 0 Å². The Morgan fingerprint density at radius 2 is 1.57 bits per heavy atom. The molecule has 13 heteroatoms. The molecule has 0 unspecified atom stereocenters. The molecule has 0 aliphatic carbocycles. The van der Waals surface area contributed by atoms with Crippen LogP contribution in [-0.4, -0.2) is 54.8 Å². The first-order chi connectivity index (χ1) is 23.5. The highest BCUT2D eigenvalue weighted by Gasteiger charge is 2.60. The fourth-order valence-electron chi connectivity index (χ4n) is 6.65. The van der Waals surface area contributed by atoms with Gasteiger partial charge in [0.05, 0.1) is 13.2 Å². The molecule has 0 radical (unpaired) electrons. The van der Waals surface area contributed by atoms with Crippen LogP contribution in [-0.2, 0) is 30.0 Å². The molecule has 3 aromatic carbocycles. The highest BCUT2D eigenvalue weighted by molar-refractivity contribution is 6.99. The van der Waals surface area contributed by atoms with Crippen molar-refractivity contribution in [3.8, 4) is 0 Å². The van der Waals surface area contributed by atoms with Crippen LogP contribution in [0.4, 0.5) is 0 Å². The lowest BCUT2D eigenvalue weighted by Gasteiger charge is -2.45. The van der Waals surface area contributed by atoms with Gasteiger partial charge in [0.15, 0.2) is 12.3 Å². The maximum Gasteiger partial charge on any atom is 0.330 e. The van der Waals surface area contributed by atoms with E-state index in [1.165, 1.54) is 23.8 Å². The van der Waals surface area contributed by atoms with Gasteiger partial charge in [0, 0.05) is 30.6 Å². The van der Waals surface area contributed by atoms with Gasteiger partial charge in [0.25, 0.3) is 13.9 Å². The van der Waals surface area contributed by atoms with Crippen molar-refractivity contribution in [3.63, 3.8) is 0 Å². The van der Waals surface area contributed by atoms with Crippen molar-refractivity contribution in [2.75, 3.05) is 13.2 Å². The van der Waals surface area contributed by atoms with Gasteiger partial charge in [-0.25, -0.2) is 4.79 Å². The normalized spacial score (nSPS) is 20.8. The average Bonchev–Trinajstić information content (AvgIpc) is 3.36. The lowest BCUT2D eigenvalue weighted by Crippen LogP contribution is -2.68. The largest absolute Gasteiger partial charge is 0.455 e. The molecule has 49 heavy (non-hydrogen) atoms. The van der Waals surface area contributed by atoms with Gasteiger partial charge in [-0.15, -0.1) is 0 Å². The number of azide groups is 1. The van der Waals surface area contributed by atoms with Crippen molar-refractivity contribution < 1.29 is 23.4 Å². The van der Waals surface area contributed by atoms with Crippen molar-refractivity contribution in [1.82, 2.24) is 9.55 Å². The van der Waals surface area contributed by atoms with Crippen LogP contribution in [0.1, 0.15) is 45.9 Å². The van der Waals surface area contributed by atoms with Crippen molar-refractivity contribution >= 4 is 24.7 Å². The molecule has 1 fully saturated rings. The maximum absolute atomic E-state index is 13.2. The molecule has 1 aliphatic heterocycles. The van der Waals surface area contributed by atoms with E-state index >= 15 is 0 Å². The highest BCUT2D eigenvalue weighted by atomic mass is 28.4. The first kappa shape index (κ1) is 35.5. The third kappa shape index (κ3) is 7.61. The summed E-state index contributed by atoms with van der Waals surface area (Å²) in [7, 11) is -3.16. The predicted octanol–water partition coefficient (Wildman–Crippen LogP) is 4.60. The molecule has 0 amide bonds. The first-order valence-corrected chi connectivity index (χ1v) is 18.0. The second-order valence-corrected chi connectivity index (χ2v) is 17.3. The predicted molar refractivity (Wildman–Crippen MR) is 187 cm³/mol. The zero-order valence-electron chi connectivity index (χ0n) is 28.0. The molecular formula is C36H41N5O7Si. The quantitative estimate of drug-likeness (QED) is 0.0710. The number of nitrogens with zero attached hydrogens (tertiary/aromatic N) is 4. The number of esters is 1. The van der Waals surface area contributed by atoms with E-state index < -0.39 is 54.6 Å². The molecule has 5 rings (SSSR count). The summed E-state index contributed by atoms with van der Waals surface area (Å²) in [6.07, 6.45) is -1.99. The molecule has 4 atom stereocenters. The molecule has 1 saturated heterocycles. The van der Waals surface area contributed by atoms with Crippen LogP contribution < -0.4 is 21.6 Å². The Balaban J connectivity index is 1.69. The van der Waals surface area contributed by atoms with Crippen LogP contribution in [0.25, 0.3) is 10.4 Å². The number of carbonyl (C=O) groups is 1. The molecule has 1 N–H and O–H groups in total. The van der Waals surface area contributed by atoms with E-state index in [9.17, 15) is 19.9 Å². The fraction of sp³-hybridized carbons (Fsp3) is 0.361. The standard InChI is InChI=1S/C36H41N5O7Si/c1-26(42)47-31-32(45-24-27-14-8-5-9-15-27)36(21-22-38-40-37,48-33(31)41-23-20-30(43)39-34(41)44)25-46-49(35(2,3)4,28-16-10-6-11-17-28)29-18-12-7-13-19-29/h5-20,23,31-33H,21-22,24-25H2,1-4H3,(H,39,43,44)/t31-,32+,33-,36-/m1/s1. The van der Waals surface area contributed by atoms with Gasteiger partial charge in [-0.3, -0.25) is 19.1 Å². The van der Waals surface area contributed by atoms with Crippen molar-refractivity contribution in [2.24, 2.45) is 5.11 Å². The summed E-state index contributed by atoms with van der Waals surface area (Å²) in [5.74, 6) is -0.622. The minimum atomic E-state index is -3.16. The van der Waals surface area contributed by atoms with Gasteiger partial charge in [-0.1, -0.05) is 117 Å². The van der Waals surface area contributed by atoms with E-state index in [2.05, 4.69) is 60.0 Å². The summed E-state index contributed by atoms with van der Waals surface area (Å²) in [4.78, 5) is 43.1. The van der Waals surface area contributed by atoms with Crippen molar-refractivity contribution in [3.05, 3.63) is 140 Å². The molecule has 1 aromatic heterocycles. The van der Waals surface area contributed by atoms with Gasteiger partial charge in [-0.2, -0.15) is 0 Å². The summed E-state index contributed by atoms with van der Waals surface area (Å²) in [6, 6.07) is 30.8. The van der Waals surface area contributed by atoms with E-state index in [1.807, 2.05) is 66.7 Å². The Kier molecular flexibility index (Phi) is 11.0. The van der Waals surface area contributed by atoms with Crippen LogP contribution in [0.5, 0.6) is 0 Å². The Morgan fingerprint density at radius 1 is 0.980 bits per heavy atom. The number of nitrogens with one attached hydrogen (secondary N) is 1. The van der Waals surface area contributed by atoms with Crippen LogP contribution in [0.15, 0.2) is 118 Å². The highest BCUT2D eigenvalue weighted by Crippen LogP contribution is 2.45. The number of hydrogen-bond acceptors (Lipinski definition) is 8. The average molecular weight is 684 g/mol. The maximum atomic E-state index is 13.2. The van der Waals surface area contributed by atoms with Crippen LogP contribution in [0, 0.1) is 0 Å².